The van der Waals surface area contributed by atoms with E-state index in [0.29, 0.717) is 11.0 Å². The molecule has 17 heavy (non-hydrogen) atoms. The Morgan fingerprint density at radius 3 is 2.82 bits per heavy atom. The van der Waals surface area contributed by atoms with Gasteiger partial charge >= 0.3 is 5.97 Å². The standard InChI is InChI=1S/C12H16O4S/c1-8-9(6-11(16-8)12(13)14)7-17-10-2-4-15-5-3-10/h6,10H,2-5,7H2,1H3,(H,13,14). The molecule has 1 N–H and O–H groups in total. The van der Waals surface area contributed by atoms with Crippen LogP contribution in [0.25, 0.3) is 0 Å². The molecule has 1 aliphatic rings. The lowest BCUT2D eigenvalue weighted by Gasteiger charge is -2.21. The van der Waals surface area contributed by atoms with Crippen LogP contribution in [-0.2, 0) is 10.5 Å². The quantitative estimate of drug-likeness (QED) is 0.897. The third-order valence-electron chi connectivity index (χ3n) is 2.87. The Morgan fingerprint density at radius 2 is 2.24 bits per heavy atom. The molecule has 1 aromatic rings. The van der Waals surface area contributed by atoms with E-state index in [1.54, 1.807) is 6.07 Å². The van der Waals surface area contributed by atoms with Crippen molar-refractivity contribution >= 4 is 17.7 Å². The summed E-state index contributed by atoms with van der Waals surface area (Å²) < 4.78 is 10.5. The van der Waals surface area contributed by atoms with E-state index in [9.17, 15) is 4.79 Å². The van der Waals surface area contributed by atoms with Crippen LogP contribution in [0.15, 0.2) is 10.5 Å². The molecule has 0 unspecified atom stereocenters. The minimum absolute atomic E-state index is 0.0325. The van der Waals surface area contributed by atoms with E-state index in [4.69, 9.17) is 14.3 Å². The van der Waals surface area contributed by atoms with Crippen LogP contribution in [0, 0.1) is 6.92 Å². The number of hydrogen-bond acceptors (Lipinski definition) is 4. The fourth-order valence-corrected chi connectivity index (χ4v) is 3.05. The van der Waals surface area contributed by atoms with Crippen LogP contribution < -0.4 is 0 Å². The maximum atomic E-state index is 10.8. The minimum atomic E-state index is -1.00. The smallest absolute Gasteiger partial charge is 0.371 e. The summed E-state index contributed by atoms with van der Waals surface area (Å²) in [6.45, 7) is 3.48. The predicted molar refractivity (Wildman–Crippen MR) is 65.5 cm³/mol. The molecule has 0 atom stereocenters. The number of hydrogen-bond donors (Lipinski definition) is 1. The second-order valence-electron chi connectivity index (χ2n) is 4.12. The lowest BCUT2D eigenvalue weighted by molar-refractivity contribution is 0.0661. The largest absolute Gasteiger partial charge is 0.475 e. The monoisotopic (exact) mass is 256 g/mol. The number of aromatic carboxylic acids is 1. The van der Waals surface area contributed by atoms with Crippen LogP contribution in [0.3, 0.4) is 0 Å². The van der Waals surface area contributed by atoms with Crippen molar-refractivity contribution in [2.24, 2.45) is 0 Å². The zero-order chi connectivity index (χ0) is 12.3. The van der Waals surface area contributed by atoms with Gasteiger partial charge in [-0.15, -0.1) is 0 Å². The number of carboxylic acid groups (broad SMARTS) is 1. The minimum Gasteiger partial charge on any atom is -0.475 e. The summed E-state index contributed by atoms with van der Waals surface area (Å²) in [6, 6.07) is 1.63. The van der Waals surface area contributed by atoms with E-state index in [2.05, 4.69) is 0 Å². The van der Waals surface area contributed by atoms with Gasteiger partial charge in [-0.2, -0.15) is 11.8 Å². The molecule has 94 valence electrons. The first-order valence-electron chi connectivity index (χ1n) is 5.69. The molecule has 0 saturated carbocycles. The highest BCUT2D eigenvalue weighted by molar-refractivity contribution is 7.99. The number of furan rings is 1. The van der Waals surface area contributed by atoms with Gasteiger partial charge in [-0.25, -0.2) is 4.79 Å². The van der Waals surface area contributed by atoms with Gasteiger partial charge in [0.25, 0.3) is 0 Å². The van der Waals surface area contributed by atoms with Gasteiger partial charge in [-0.05, 0) is 25.8 Å². The van der Waals surface area contributed by atoms with E-state index < -0.39 is 5.97 Å². The molecule has 1 aliphatic heterocycles. The number of carboxylic acids is 1. The predicted octanol–water partition coefficient (Wildman–Crippen LogP) is 2.70. The molecular weight excluding hydrogens is 240 g/mol. The topological polar surface area (TPSA) is 59.7 Å². The van der Waals surface area contributed by atoms with Crippen molar-refractivity contribution in [1.82, 2.24) is 0 Å². The fraction of sp³-hybridized carbons (Fsp3) is 0.583. The SMILES string of the molecule is Cc1oc(C(=O)O)cc1CSC1CCOCC1. The zero-order valence-electron chi connectivity index (χ0n) is 9.77. The van der Waals surface area contributed by atoms with Crippen LogP contribution in [0.1, 0.15) is 34.7 Å². The highest BCUT2D eigenvalue weighted by Crippen LogP contribution is 2.28. The molecule has 1 aromatic heterocycles. The van der Waals surface area contributed by atoms with E-state index in [1.807, 2.05) is 18.7 Å². The highest BCUT2D eigenvalue weighted by Gasteiger charge is 2.17. The van der Waals surface area contributed by atoms with E-state index in [0.717, 1.165) is 37.4 Å². The van der Waals surface area contributed by atoms with E-state index in [-0.39, 0.29) is 5.76 Å². The molecule has 0 amide bonds. The Morgan fingerprint density at radius 1 is 1.53 bits per heavy atom. The van der Waals surface area contributed by atoms with E-state index in [1.165, 1.54) is 0 Å². The molecule has 1 saturated heterocycles. The van der Waals surface area contributed by atoms with Crippen molar-refractivity contribution in [3.63, 3.8) is 0 Å². The molecule has 0 aromatic carbocycles. The summed E-state index contributed by atoms with van der Waals surface area (Å²) in [5.41, 5.74) is 0.985. The van der Waals surface area contributed by atoms with Crippen LogP contribution in [0.5, 0.6) is 0 Å². The van der Waals surface area contributed by atoms with Crippen molar-refractivity contribution in [3.8, 4) is 0 Å². The van der Waals surface area contributed by atoms with Crippen LogP contribution in [-0.4, -0.2) is 29.5 Å². The average molecular weight is 256 g/mol. The Bertz CT molecular complexity index is 393. The summed E-state index contributed by atoms with van der Waals surface area (Å²) in [5.74, 6) is 0.551. The maximum absolute atomic E-state index is 10.8. The Balaban J connectivity index is 1.91. The van der Waals surface area contributed by atoms with Gasteiger partial charge < -0.3 is 14.3 Å². The highest BCUT2D eigenvalue weighted by atomic mass is 32.2. The molecule has 5 heteroatoms. The van der Waals surface area contributed by atoms with E-state index >= 15 is 0 Å². The zero-order valence-corrected chi connectivity index (χ0v) is 10.6. The number of aryl methyl sites for hydroxylation is 1. The van der Waals surface area contributed by atoms with Crippen LogP contribution in [0.4, 0.5) is 0 Å². The fourth-order valence-electron chi connectivity index (χ4n) is 1.82. The van der Waals surface area contributed by atoms with Gasteiger partial charge in [-0.1, -0.05) is 0 Å². The lowest BCUT2D eigenvalue weighted by Crippen LogP contribution is -2.17. The van der Waals surface area contributed by atoms with Gasteiger partial charge in [0.2, 0.25) is 5.76 Å². The first kappa shape index (κ1) is 12.5. The van der Waals surface area contributed by atoms with Crippen molar-refractivity contribution in [2.45, 2.75) is 30.8 Å². The summed E-state index contributed by atoms with van der Waals surface area (Å²) in [5, 5.41) is 9.44. The van der Waals surface area contributed by atoms with Gasteiger partial charge in [0.05, 0.1) is 0 Å². The summed E-state index contributed by atoms with van der Waals surface area (Å²) in [6.07, 6.45) is 2.15. The summed E-state index contributed by atoms with van der Waals surface area (Å²) in [4.78, 5) is 10.8. The van der Waals surface area contributed by atoms with Crippen molar-refractivity contribution in [3.05, 3.63) is 23.2 Å². The lowest BCUT2D eigenvalue weighted by atomic mass is 10.2. The first-order valence-corrected chi connectivity index (χ1v) is 6.73. The maximum Gasteiger partial charge on any atom is 0.371 e. The second kappa shape index (κ2) is 5.60. The van der Waals surface area contributed by atoms with Crippen LogP contribution >= 0.6 is 11.8 Å². The van der Waals surface area contributed by atoms with Crippen molar-refractivity contribution < 1.29 is 19.1 Å². The molecule has 0 bridgehead atoms. The molecule has 1 fully saturated rings. The van der Waals surface area contributed by atoms with Gasteiger partial charge in [-0.3, -0.25) is 0 Å². The Kier molecular flexibility index (Phi) is 4.12. The molecule has 0 spiro atoms. The molecule has 0 aliphatic carbocycles. The number of carbonyl (C=O) groups is 1. The number of ether oxygens (including phenoxy) is 1. The average Bonchev–Trinajstić information content (AvgIpc) is 2.70. The van der Waals surface area contributed by atoms with Gasteiger partial charge in [0.1, 0.15) is 5.76 Å². The van der Waals surface area contributed by atoms with Crippen molar-refractivity contribution in [2.75, 3.05) is 13.2 Å². The molecule has 4 nitrogen and oxygen atoms in total. The van der Waals surface area contributed by atoms with Gasteiger partial charge in [0.15, 0.2) is 0 Å². The summed E-state index contributed by atoms with van der Waals surface area (Å²) in [7, 11) is 0. The normalized spacial score (nSPS) is 17.2. The first-order chi connectivity index (χ1) is 8.16. The third-order valence-corrected chi connectivity index (χ3v) is 4.29. The summed E-state index contributed by atoms with van der Waals surface area (Å²) >= 11 is 1.86. The Labute approximate surface area is 104 Å². The molecule has 2 rings (SSSR count). The van der Waals surface area contributed by atoms with Crippen LogP contribution in [0.2, 0.25) is 0 Å². The molecule has 0 radical (unpaired) electrons. The Hall–Kier alpha value is -0.940. The molecular formula is C12H16O4S. The van der Waals surface area contributed by atoms with Crippen molar-refractivity contribution in [1.29, 1.82) is 0 Å². The number of rotatable bonds is 4. The molecule has 2 heterocycles. The third kappa shape index (κ3) is 3.26. The van der Waals surface area contributed by atoms with Gasteiger partial charge in [0, 0.05) is 29.8 Å². The number of thioether (sulfide) groups is 1. The second-order valence-corrected chi connectivity index (χ2v) is 5.41.